The summed E-state index contributed by atoms with van der Waals surface area (Å²) >= 11 is 1.37. The second-order valence-electron chi connectivity index (χ2n) is 8.88. The summed E-state index contributed by atoms with van der Waals surface area (Å²) in [4.78, 5) is 16.8. The van der Waals surface area contributed by atoms with Crippen LogP contribution in [0.2, 0.25) is 0 Å². The molecular formula is C26H28N4O5S2. The maximum atomic E-state index is 12.2. The maximum Gasteiger partial charge on any atom is 0.357 e. The Kier molecular flexibility index (Phi) is 7.40. The van der Waals surface area contributed by atoms with Gasteiger partial charge in [0.2, 0.25) is 10.0 Å². The number of nitrogens with two attached hydrogens (primary N) is 1. The molecule has 1 aliphatic rings. The van der Waals surface area contributed by atoms with Gasteiger partial charge in [0.05, 0.1) is 29.7 Å². The largest absolute Gasteiger partial charge is 0.461 e. The molecule has 3 N–H and O–H groups in total. The van der Waals surface area contributed by atoms with Gasteiger partial charge in [-0.1, -0.05) is 18.2 Å². The number of primary sulfonamides is 1. The Balaban J connectivity index is 1.52. The molecular weight excluding hydrogens is 512 g/mol. The smallest absolute Gasteiger partial charge is 0.357 e. The molecule has 2 aromatic heterocycles. The van der Waals surface area contributed by atoms with Crippen LogP contribution in [0.5, 0.6) is 0 Å². The molecule has 194 valence electrons. The van der Waals surface area contributed by atoms with Gasteiger partial charge in [0.25, 0.3) is 0 Å². The molecule has 0 saturated carbocycles. The van der Waals surface area contributed by atoms with E-state index in [4.69, 9.17) is 14.6 Å². The number of carbonyl (C=O) groups is 1. The van der Waals surface area contributed by atoms with Crippen molar-refractivity contribution in [2.24, 2.45) is 5.14 Å². The molecule has 0 spiro atoms. The molecule has 11 heteroatoms. The van der Waals surface area contributed by atoms with E-state index < -0.39 is 16.0 Å². The van der Waals surface area contributed by atoms with E-state index in [0.717, 1.165) is 47.1 Å². The molecule has 4 aromatic rings. The predicted octanol–water partition coefficient (Wildman–Crippen LogP) is 3.03. The van der Waals surface area contributed by atoms with E-state index in [1.54, 1.807) is 24.4 Å². The van der Waals surface area contributed by atoms with Crippen LogP contribution in [0.4, 0.5) is 0 Å². The highest BCUT2D eigenvalue weighted by atomic mass is 32.2. The fourth-order valence-electron chi connectivity index (χ4n) is 4.48. The minimum absolute atomic E-state index is 0.0799. The standard InChI is InChI=1S/C26H28N4O5S2/c1-2-34-25(31)23-16-36-26(29-23)30-15-19(11-17-3-6-21(7-4-17)37(27,32)33)22-13-18(5-8-24(22)30)12-20-14-28-9-10-35-20/h3-8,13,15-16,20,28H,2,9-12,14H2,1H3,(H2,27,32,33). The molecule has 0 bridgehead atoms. The van der Waals surface area contributed by atoms with Crippen LogP contribution < -0.4 is 10.5 Å². The SMILES string of the molecule is CCOC(=O)c1csc(-n2cc(Cc3ccc(S(N)(=O)=O)cc3)c3cc(CC4CNCCO4)ccc32)n1. The molecule has 1 atom stereocenters. The van der Waals surface area contributed by atoms with Gasteiger partial charge in [0.1, 0.15) is 0 Å². The summed E-state index contributed by atoms with van der Waals surface area (Å²) in [7, 11) is -3.75. The number of sulfonamides is 1. The van der Waals surface area contributed by atoms with Crippen molar-refractivity contribution < 1.29 is 22.7 Å². The molecule has 1 aliphatic heterocycles. The first-order valence-electron chi connectivity index (χ1n) is 12.0. The topological polar surface area (TPSA) is 126 Å². The Morgan fingerprint density at radius 3 is 2.73 bits per heavy atom. The normalized spacial score (nSPS) is 16.2. The summed E-state index contributed by atoms with van der Waals surface area (Å²) in [6.45, 7) is 4.44. The maximum absolute atomic E-state index is 12.2. The van der Waals surface area contributed by atoms with Crippen LogP contribution in [-0.2, 0) is 32.3 Å². The van der Waals surface area contributed by atoms with Crippen molar-refractivity contribution in [3.05, 3.63) is 76.4 Å². The Labute approximate surface area is 219 Å². The summed E-state index contributed by atoms with van der Waals surface area (Å²) in [5.74, 6) is -0.444. The third kappa shape index (κ3) is 5.76. The lowest BCUT2D eigenvalue weighted by molar-refractivity contribution is 0.0292. The van der Waals surface area contributed by atoms with Crippen LogP contribution in [0, 0.1) is 0 Å². The molecule has 5 rings (SSSR count). The van der Waals surface area contributed by atoms with Gasteiger partial charge in [0.15, 0.2) is 10.8 Å². The van der Waals surface area contributed by atoms with Crippen LogP contribution in [0.25, 0.3) is 16.0 Å². The van der Waals surface area contributed by atoms with Gasteiger partial charge in [-0.25, -0.2) is 23.3 Å². The zero-order valence-corrected chi connectivity index (χ0v) is 22.0. The Hall–Kier alpha value is -3.09. The van der Waals surface area contributed by atoms with E-state index in [-0.39, 0.29) is 23.3 Å². The zero-order chi connectivity index (χ0) is 26.0. The predicted molar refractivity (Wildman–Crippen MR) is 142 cm³/mol. The number of benzene rings is 2. The molecule has 0 amide bonds. The number of thiazole rings is 1. The van der Waals surface area contributed by atoms with E-state index >= 15 is 0 Å². The van der Waals surface area contributed by atoms with Crippen molar-refractivity contribution >= 4 is 38.2 Å². The fraction of sp³-hybridized carbons (Fsp3) is 0.308. The Morgan fingerprint density at radius 1 is 1.24 bits per heavy atom. The van der Waals surface area contributed by atoms with Gasteiger partial charge in [-0.3, -0.25) is 4.57 Å². The average Bonchev–Trinajstić information content (AvgIpc) is 3.50. The lowest BCUT2D eigenvalue weighted by atomic mass is 10.0. The minimum Gasteiger partial charge on any atom is -0.461 e. The van der Waals surface area contributed by atoms with Crippen LogP contribution in [-0.4, -0.2) is 56.3 Å². The summed E-state index contributed by atoms with van der Waals surface area (Å²) in [6, 6.07) is 12.9. The second kappa shape index (κ2) is 10.7. The molecule has 3 heterocycles. The fourth-order valence-corrected chi connectivity index (χ4v) is 5.77. The summed E-state index contributed by atoms with van der Waals surface area (Å²) in [5.41, 5.74) is 4.41. The van der Waals surface area contributed by atoms with Crippen LogP contribution in [0.1, 0.15) is 34.1 Å². The molecule has 2 aromatic carbocycles. The second-order valence-corrected chi connectivity index (χ2v) is 11.3. The molecule has 1 fully saturated rings. The van der Waals surface area contributed by atoms with E-state index in [2.05, 4.69) is 28.5 Å². The number of hydrogen-bond acceptors (Lipinski definition) is 8. The quantitative estimate of drug-likeness (QED) is 0.329. The number of nitrogens with one attached hydrogen (secondary N) is 1. The first kappa shape index (κ1) is 25.6. The van der Waals surface area contributed by atoms with Gasteiger partial charge in [-0.2, -0.15) is 0 Å². The molecule has 9 nitrogen and oxygen atoms in total. The summed E-state index contributed by atoms with van der Waals surface area (Å²) in [6.07, 6.45) is 3.51. The molecule has 37 heavy (non-hydrogen) atoms. The van der Waals surface area contributed by atoms with Gasteiger partial charge in [-0.05, 0) is 60.7 Å². The summed E-state index contributed by atoms with van der Waals surface area (Å²) < 4.78 is 36.3. The third-order valence-electron chi connectivity index (χ3n) is 6.25. The Morgan fingerprint density at radius 2 is 2.03 bits per heavy atom. The molecule has 0 aliphatic carbocycles. The van der Waals surface area contributed by atoms with Gasteiger partial charge in [-0.15, -0.1) is 11.3 Å². The van der Waals surface area contributed by atoms with E-state index in [0.29, 0.717) is 18.2 Å². The number of nitrogens with zero attached hydrogens (tertiary/aromatic N) is 2. The Bertz CT molecular complexity index is 1520. The number of rotatable bonds is 8. The molecule has 1 unspecified atom stereocenters. The number of morpholine rings is 1. The first-order valence-corrected chi connectivity index (χ1v) is 14.4. The van der Waals surface area contributed by atoms with Crippen molar-refractivity contribution in [1.82, 2.24) is 14.9 Å². The number of fused-ring (bicyclic) bond motifs is 1. The molecule has 1 saturated heterocycles. The number of carbonyl (C=O) groups excluding carboxylic acids is 1. The minimum atomic E-state index is -3.75. The number of esters is 1. The van der Waals surface area contributed by atoms with Gasteiger partial charge >= 0.3 is 5.97 Å². The van der Waals surface area contributed by atoms with E-state index in [1.165, 1.54) is 23.5 Å². The van der Waals surface area contributed by atoms with Crippen LogP contribution >= 0.6 is 11.3 Å². The van der Waals surface area contributed by atoms with Crippen molar-refractivity contribution in [3.8, 4) is 5.13 Å². The first-order chi connectivity index (χ1) is 17.8. The van der Waals surface area contributed by atoms with Crippen LogP contribution in [0.3, 0.4) is 0 Å². The lowest BCUT2D eigenvalue weighted by Crippen LogP contribution is -2.39. The highest BCUT2D eigenvalue weighted by Crippen LogP contribution is 2.30. The third-order valence-corrected chi connectivity index (χ3v) is 8.02. The monoisotopic (exact) mass is 540 g/mol. The van der Waals surface area contributed by atoms with Gasteiger partial charge < -0.3 is 14.8 Å². The van der Waals surface area contributed by atoms with Crippen molar-refractivity contribution in [2.75, 3.05) is 26.3 Å². The zero-order valence-electron chi connectivity index (χ0n) is 20.3. The molecule has 0 radical (unpaired) electrons. The van der Waals surface area contributed by atoms with Crippen LogP contribution in [0.15, 0.2) is 58.9 Å². The highest BCUT2D eigenvalue weighted by molar-refractivity contribution is 7.89. The average molecular weight is 541 g/mol. The van der Waals surface area contributed by atoms with Crippen molar-refractivity contribution in [3.63, 3.8) is 0 Å². The lowest BCUT2D eigenvalue weighted by Gasteiger charge is -2.23. The van der Waals surface area contributed by atoms with Gasteiger partial charge in [0, 0.05) is 30.1 Å². The highest BCUT2D eigenvalue weighted by Gasteiger charge is 2.19. The van der Waals surface area contributed by atoms with Crippen molar-refractivity contribution in [2.45, 2.75) is 30.8 Å². The van der Waals surface area contributed by atoms with Crippen molar-refractivity contribution in [1.29, 1.82) is 0 Å². The number of ether oxygens (including phenoxy) is 2. The number of aromatic nitrogens is 2. The summed E-state index contributed by atoms with van der Waals surface area (Å²) in [5, 5.41) is 12.0. The van der Waals surface area contributed by atoms with E-state index in [9.17, 15) is 13.2 Å². The van der Waals surface area contributed by atoms with E-state index in [1.807, 2.05) is 10.8 Å². The number of hydrogen-bond donors (Lipinski definition) is 2.